The number of hydrogen-bond donors (Lipinski definition) is 1. The Kier molecular flexibility index (Phi) is 3.38. The topological polar surface area (TPSA) is 52.0 Å². The summed E-state index contributed by atoms with van der Waals surface area (Å²) in [5, 5.41) is 12.0. The summed E-state index contributed by atoms with van der Waals surface area (Å²) in [4.78, 5) is 0. The fraction of sp³-hybridized carbons (Fsp3) is 0.833. The summed E-state index contributed by atoms with van der Waals surface area (Å²) in [6.45, 7) is 4.79. The van der Waals surface area contributed by atoms with E-state index in [2.05, 4.69) is 20.1 Å². The lowest BCUT2D eigenvalue weighted by Gasteiger charge is -2.15. The van der Waals surface area contributed by atoms with E-state index in [1.54, 1.807) is 0 Å². The van der Waals surface area contributed by atoms with Crippen LogP contribution in [-0.4, -0.2) is 34.5 Å². The van der Waals surface area contributed by atoms with Gasteiger partial charge in [0.15, 0.2) is 0 Å². The van der Waals surface area contributed by atoms with Gasteiger partial charge in [0.2, 0.25) is 0 Å². The van der Waals surface area contributed by atoms with E-state index < -0.39 is 0 Å². The first-order valence-corrected chi connectivity index (χ1v) is 6.63. The van der Waals surface area contributed by atoms with Crippen molar-refractivity contribution in [3.05, 3.63) is 11.6 Å². The number of fused-ring (bicyclic) bond motifs is 1. The van der Waals surface area contributed by atoms with Crippen molar-refractivity contribution in [2.24, 2.45) is 5.92 Å². The highest BCUT2D eigenvalue weighted by Crippen LogP contribution is 2.14. The lowest BCUT2D eigenvalue weighted by atomic mass is 10.1. The normalized spacial score (nSPS) is 23.9. The molecule has 17 heavy (non-hydrogen) atoms. The van der Waals surface area contributed by atoms with E-state index in [0.717, 1.165) is 50.9 Å². The maximum absolute atomic E-state index is 5.36. The molecular weight excluding hydrogens is 216 g/mol. The van der Waals surface area contributed by atoms with Gasteiger partial charge in [0, 0.05) is 26.1 Å². The van der Waals surface area contributed by atoms with Crippen molar-refractivity contribution in [1.29, 1.82) is 0 Å². The molecule has 0 saturated carbocycles. The number of nitrogens with one attached hydrogen (secondary N) is 1. The summed E-state index contributed by atoms with van der Waals surface area (Å²) in [6, 6.07) is 0. The van der Waals surface area contributed by atoms with Crippen LogP contribution in [0.5, 0.6) is 0 Å². The molecule has 1 saturated heterocycles. The Morgan fingerprint density at radius 1 is 1.35 bits per heavy atom. The highest BCUT2D eigenvalue weighted by molar-refractivity contribution is 4.98. The summed E-state index contributed by atoms with van der Waals surface area (Å²) in [5.74, 6) is 2.94. The minimum absolute atomic E-state index is 0.679. The molecule has 1 aromatic rings. The zero-order chi connectivity index (χ0) is 11.5. The van der Waals surface area contributed by atoms with Crippen molar-refractivity contribution >= 4 is 0 Å². The molecule has 2 aliphatic heterocycles. The van der Waals surface area contributed by atoms with E-state index in [1.165, 1.54) is 19.3 Å². The molecule has 1 N–H and O–H groups in total. The van der Waals surface area contributed by atoms with Gasteiger partial charge in [-0.15, -0.1) is 10.2 Å². The van der Waals surface area contributed by atoms with E-state index in [-0.39, 0.29) is 0 Å². The number of aromatic nitrogens is 3. The maximum Gasteiger partial charge on any atom is 0.147 e. The summed E-state index contributed by atoms with van der Waals surface area (Å²) in [7, 11) is 0. The van der Waals surface area contributed by atoms with Crippen LogP contribution < -0.4 is 5.32 Å². The number of rotatable bonds is 4. The molecule has 1 atom stereocenters. The van der Waals surface area contributed by atoms with Gasteiger partial charge in [0.05, 0.1) is 13.2 Å². The largest absolute Gasteiger partial charge is 0.381 e. The molecule has 3 heterocycles. The van der Waals surface area contributed by atoms with Crippen LogP contribution in [0.3, 0.4) is 0 Å². The van der Waals surface area contributed by atoms with Gasteiger partial charge in [0.25, 0.3) is 0 Å². The van der Waals surface area contributed by atoms with Gasteiger partial charge in [-0.1, -0.05) is 0 Å². The van der Waals surface area contributed by atoms with Gasteiger partial charge in [-0.25, -0.2) is 0 Å². The maximum atomic E-state index is 5.36. The van der Waals surface area contributed by atoms with Gasteiger partial charge in [-0.05, 0) is 25.2 Å². The van der Waals surface area contributed by atoms with Crippen molar-refractivity contribution in [3.63, 3.8) is 0 Å². The van der Waals surface area contributed by atoms with Crippen LogP contribution in [0, 0.1) is 5.92 Å². The van der Waals surface area contributed by atoms with Crippen molar-refractivity contribution in [2.45, 2.75) is 38.8 Å². The van der Waals surface area contributed by atoms with E-state index in [4.69, 9.17) is 4.74 Å². The minimum atomic E-state index is 0.679. The molecule has 2 aliphatic rings. The van der Waals surface area contributed by atoms with Crippen molar-refractivity contribution in [1.82, 2.24) is 20.1 Å². The highest BCUT2D eigenvalue weighted by Gasteiger charge is 2.17. The van der Waals surface area contributed by atoms with E-state index in [9.17, 15) is 0 Å². The quantitative estimate of drug-likeness (QED) is 0.838. The molecule has 3 rings (SSSR count). The first-order valence-electron chi connectivity index (χ1n) is 6.63. The second kappa shape index (κ2) is 5.14. The van der Waals surface area contributed by atoms with Crippen LogP contribution in [0.25, 0.3) is 0 Å². The number of ether oxygens (including phenoxy) is 1. The average molecular weight is 236 g/mol. The molecule has 1 unspecified atom stereocenters. The smallest absolute Gasteiger partial charge is 0.147 e. The number of aryl methyl sites for hydroxylation is 1. The molecule has 0 radical (unpaired) electrons. The summed E-state index contributed by atoms with van der Waals surface area (Å²) >= 11 is 0. The summed E-state index contributed by atoms with van der Waals surface area (Å²) in [5.41, 5.74) is 0. The van der Waals surface area contributed by atoms with Crippen LogP contribution in [0.4, 0.5) is 0 Å². The van der Waals surface area contributed by atoms with E-state index in [0.29, 0.717) is 5.92 Å². The Hall–Kier alpha value is -0.940. The molecule has 5 nitrogen and oxygen atoms in total. The fourth-order valence-electron chi connectivity index (χ4n) is 2.63. The standard InChI is InChI=1S/C12H20N4O/c1-2-5-16-11(3-1)14-15-12(16)8-13-7-10-4-6-17-9-10/h10,13H,1-9H2. The van der Waals surface area contributed by atoms with Gasteiger partial charge in [-0.2, -0.15) is 0 Å². The van der Waals surface area contributed by atoms with Crippen molar-refractivity contribution in [2.75, 3.05) is 19.8 Å². The molecule has 0 spiro atoms. The van der Waals surface area contributed by atoms with Gasteiger partial charge < -0.3 is 14.6 Å². The third-order valence-corrected chi connectivity index (χ3v) is 3.68. The number of hydrogen-bond acceptors (Lipinski definition) is 4. The molecule has 94 valence electrons. The second-order valence-electron chi connectivity index (χ2n) is 5.00. The monoisotopic (exact) mass is 236 g/mol. The lowest BCUT2D eigenvalue weighted by Crippen LogP contribution is -2.25. The van der Waals surface area contributed by atoms with Crippen molar-refractivity contribution < 1.29 is 4.74 Å². The summed E-state index contributed by atoms with van der Waals surface area (Å²) in [6.07, 6.45) is 4.79. The zero-order valence-corrected chi connectivity index (χ0v) is 10.2. The lowest BCUT2D eigenvalue weighted by molar-refractivity contribution is 0.185. The predicted octanol–water partition coefficient (Wildman–Crippen LogP) is 0.740. The highest BCUT2D eigenvalue weighted by atomic mass is 16.5. The Bertz CT molecular complexity index is 371. The predicted molar refractivity (Wildman–Crippen MR) is 63.6 cm³/mol. The first-order chi connectivity index (χ1) is 8.43. The fourth-order valence-corrected chi connectivity index (χ4v) is 2.63. The Morgan fingerprint density at radius 3 is 3.24 bits per heavy atom. The van der Waals surface area contributed by atoms with Crippen LogP contribution in [0.15, 0.2) is 0 Å². The third-order valence-electron chi connectivity index (χ3n) is 3.68. The van der Waals surface area contributed by atoms with Gasteiger partial charge in [-0.3, -0.25) is 0 Å². The van der Waals surface area contributed by atoms with Crippen LogP contribution in [0.1, 0.15) is 30.9 Å². The summed E-state index contributed by atoms with van der Waals surface area (Å²) < 4.78 is 7.64. The molecule has 0 bridgehead atoms. The molecule has 1 aromatic heterocycles. The molecule has 0 amide bonds. The van der Waals surface area contributed by atoms with Crippen LogP contribution in [0.2, 0.25) is 0 Å². The Morgan fingerprint density at radius 2 is 2.35 bits per heavy atom. The molecule has 0 aromatic carbocycles. The Labute approximate surface area is 102 Å². The number of nitrogens with zero attached hydrogens (tertiary/aromatic N) is 3. The molecule has 0 aliphatic carbocycles. The van der Waals surface area contributed by atoms with Crippen LogP contribution >= 0.6 is 0 Å². The zero-order valence-electron chi connectivity index (χ0n) is 10.2. The SMILES string of the molecule is C1CCn2c(nnc2CNCC2CCOC2)C1. The van der Waals surface area contributed by atoms with Gasteiger partial charge in [0.1, 0.15) is 11.6 Å². The first kappa shape index (κ1) is 11.2. The Balaban J connectivity index is 1.52. The van der Waals surface area contributed by atoms with E-state index in [1.807, 2.05) is 0 Å². The average Bonchev–Trinajstić information content (AvgIpc) is 2.99. The minimum Gasteiger partial charge on any atom is -0.381 e. The van der Waals surface area contributed by atoms with E-state index >= 15 is 0 Å². The second-order valence-corrected chi connectivity index (χ2v) is 5.00. The van der Waals surface area contributed by atoms with Crippen molar-refractivity contribution in [3.8, 4) is 0 Å². The molecule has 5 heteroatoms. The third kappa shape index (κ3) is 2.50. The molecule has 1 fully saturated rings. The van der Waals surface area contributed by atoms with Crippen LogP contribution in [-0.2, 0) is 24.2 Å². The molecular formula is C12H20N4O. The van der Waals surface area contributed by atoms with Gasteiger partial charge >= 0.3 is 0 Å².